The maximum absolute atomic E-state index is 13.0. The lowest BCUT2D eigenvalue weighted by Crippen LogP contribution is -2.35. The molecule has 0 aliphatic heterocycles. The molecule has 164 valence electrons. The van der Waals surface area contributed by atoms with Gasteiger partial charge in [0.1, 0.15) is 0 Å². The molecular weight excluding hydrogens is 432 g/mol. The van der Waals surface area contributed by atoms with Crippen molar-refractivity contribution >= 4 is 21.7 Å². The van der Waals surface area contributed by atoms with Gasteiger partial charge >= 0.3 is 18.3 Å². The normalized spacial score (nSPS) is 14.0. The van der Waals surface area contributed by atoms with Crippen molar-refractivity contribution in [1.29, 1.82) is 0 Å². The first-order valence-corrected chi connectivity index (χ1v) is 9.53. The number of carbonyl (C=O) groups is 2. The van der Waals surface area contributed by atoms with Gasteiger partial charge in [-0.1, -0.05) is 0 Å². The van der Waals surface area contributed by atoms with Crippen molar-refractivity contribution in [3.63, 3.8) is 0 Å². The zero-order chi connectivity index (χ0) is 22.8. The minimum atomic E-state index is -5.29. The minimum Gasteiger partial charge on any atom is -0.462 e. The van der Waals surface area contributed by atoms with E-state index in [2.05, 4.69) is 0 Å². The second-order valence-corrected chi connectivity index (χ2v) is 8.40. The number of nitrogens with two attached hydrogens (primary N) is 1. The summed E-state index contributed by atoms with van der Waals surface area (Å²) in [6.07, 6.45) is -12.8. The minimum absolute atomic E-state index is 0.00943. The second kappa shape index (κ2) is 8.59. The van der Waals surface area contributed by atoms with Crippen LogP contribution in [0.1, 0.15) is 37.8 Å². The molecule has 0 aromatic heterocycles. The molecule has 29 heavy (non-hydrogen) atoms. The van der Waals surface area contributed by atoms with Crippen LogP contribution in [0.4, 0.5) is 26.3 Å². The zero-order valence-corrected chi connectivity index (χ0v) is 15.9. The summed E-state index contributed by atoms with van der Waals surface area (Å²) in [6, 6.07) is -0.265. The van der Waals surface area contributed by atoms with Gasteiger partial charge in [-0.15, -0.1) is 0 Å². The standard InChI is InChI=1S/C16H17F6NO5S/c1-8(2)28-14(25)12(3-4-13(23)24)29(26,27)11-6-9(15(17,18)19)5-10(7-11)16(20,21)22/h5-8,12H,3-4H2,1-2H3,(H2,23,24). The molecule has 1 amide bonds. The number of ether oxygens (including phenoxy) is 1. The average molecular weight is 449 g/mol. The average Bonchev–Trinajstić information content (AvgIpc) is 2.51. The van der Waals surface area contributed by atoms with Crippen molar-refractivity contribution in [3.8, 4) is 0 Å². The van der Waals surface area contributed by atoms with Crippen molar-refractivity contribution < 1.29 is 49.1 Å². The van der Waals surface area contributed by atoms with Gasteiger partial charge in [0.05, 0.1) is 22.1 Å². The van der Waals surface area contributed by atoms with Crippen molar-refractivity contribution in [2.45, 2.75) is 55.3 Å². The highest BCUT2D eigenvalue weighted by Gasteiger charge is 2.41. The van der Waals surface area contributed by atoms with E-state index < -0.39 is 74.3 Å². The van der Waals surface area contributed by atoms with Crippen LogP contribution >= 0.6 is 0 Å². The number of alkyl halides is 6. The van der Waals surface area contributed by atoms with E-state index in [1.54, 1.807) is 0 Å². The van der Waals surface area contributed by atoms with Crippen LogP contribution in [0, 0.1) is 0 Å². The van der Waals surface area contributed by atoms with Crippen molar-refractivity contribution in [3.05, 3.63) is 29.3 Å². The Morgan fingerprint density at radius 3 is 1.79 bits per heavy atom. The molecule has 1 unspecified atom stereocenters. The Kier molecular flexibility index (Phi) is 7.33. The van der Waals surface area contributed by atoms with E-state index in [0.29, 0.717) is 0 Å². The Hall–Kier alpha value is -2.31. The van der Waals surface area contributed by atoms with Gasteiger partial charge in [0.2, 0.25) is 5.91 Å². The number of primary amides is 1. The molecule has 0 aliphatic rings. The number of amides is 1. The highest BCUT2D eigenvalue weighted by molar-refractivity contribution is 7.92. The third-order valence-electron chi connectivity index (χ3n) is 3.53. The number of hydrogen-bond acceptors (Lipinski definition) is 5. The second-order valence-electron chi connectivity index (χ2n) is 6.27. The zero-order valence-electron chi connectivity index (χ0n) is 15.1. The third kappa shape index (κ3) is 6.61. The molecule has 6 nitrogen and oxygen atoms in total. The van der Waals surface area contributed by atoms with Crippen molar-refractivity contribution in [2.24, 2.45) is 5.73 Å². The lowest BCUT2D eigenvalue weighted by Gasteiger charge is -2.20. The fourth-order valence-electron chi connectivity index (χ4n) is 2.24. The van der Waals surface area contributed by atoms with E-state index >= 15 is 0 Å². The van der Waals surface area contributed by atoms with Crippen molar-refractivity contribution in [1.82, 2.24) is 0 Å². The number of sulfone groups is 1. The number of halogens is 6. The first-order valence-electron chi connectivity index (χ1n) is 7.98. The van der Waals surface area contributed by atoms with Crippen LogP contribution in [0.2, 0.25) is 0 Å². The topological polar surface area (TPSA) is 104 Å². The van der Waals surface area contributed by atoms with Crippen LogP contribution in [0.3, 0.4) is 0 Å². The van der Waals surface area contributed by atoms with E-state index in [1.165, 1.54) is 13.8 Å². The highest BCUT2D eigenvalue weighted by atomic mass is 32.2. The molecule has 13 heteroatoms. The highest BCUT2D eigenvalue weighted by Crippen LogP contribution is 2.38. The van der Waals surface area contributed by atoms with Crippen LogP contribution < -0.4 is 5.73 Å². The van der Waals surface area contributed by atoms with Gasteiger partial charge in [-0.05, 0) is 38.5 Å². The molecule has 0 heterocycles. The summed E-state index contributed by atoms with van der Waals surface area (Å²) >= 11 is 0. The Morgan fingerprint density at radius 2 is 1.45 bits per heavy atom. The van der Waals surface area contributed by atoms with E-state index in [0.717, 1.165) is 0 Å². The fraction of sp³-hybridized carbons (Fsp3) is 0.500. The van der Waals surface area contributed by atoms with E-state index in [9.17, 15) is 44.3 Å². The SMILES string of the molecule is CC(C)OC(=O)C(CCC(N)=O)S(=O)(=O)c1cc(C(F)(F)F)cc(C(F)(F)F)c1. The smallest absolute Gasteiger partial charge is 0.416 e. The summed E-state index contributed by atoms with van der Waals surface area (Å²) in [5.41, 5.74) is 1.17. The molecule has 0 saturated carbocycles. The number of rotatable bonds is 7. The van der Waals surface area contributed by atoms with Crippen LogP contribution in [0.15, 0.2) is 23.1 Å². The molecule has 1 aromatic rings. The quantitative estimate of drug-likeness (QED) is 0.509. The predicted molar refractivity (Wildman–Crippen MR) is 87.1 cm³/mol. The van der Waals surface area contributed by atoms with Gasteiger partial charge in [0, 0.05) is 6.42 Å². The summed E-state index contributed by atoms with van der Waals surface area (Å²) in [4.78, 5) is 21.7. The summed E-state index contributed by atoms with van der Waals surface area (Å²) in [6.45, 7) is 2.70. The van der Waals surface area contributed by atoms with Gasteiger partial charge in [-0.3, -0.25) is 9.59 Å². The van der Waals surface area contributed by atoms with Gasteiger partial charge in [0.25, 0.3) is 0 Å². The third-order valence-corrected chi connectivity index (χ3v) is 5.60. The maximum atomic E-state index is 13.0. The monoisotopic (exact) mass is 449 g/mol. The van der Waals surface area contributed by atoms with Crippen LogP contribution in [-0.4, -0.2) is 31.6 Å². The lowest BCUT2D eigenvalue weighted by atomic mass is 10.1. The molecule has 0 bridgehead atoms. The van der Waals surface area contributed by atoms with Gasteiger partial charge in [-0.2, -0.15) is 26.3 Å². The van der Waals surface area contributed by atoms with Crippen LogP contribution in [0.25, 0.3) is 0 Å². The van der Waals surface area contributed by atoms with E-state index in [-0.39, 0.29) is 18.2 Å². The van der Waals surface area contributed by atoms with Gasteiger partial charge < -0.3 is 10.5 Å². The molecule has 1 aromatic carbocycles. The molecule has 0 radical (unpaired) electrons. The fourth-order valence-corrected chi connectivity index (χ4v) is 3.88. The van der Waals surface area contributed by atoms with E-state index in [4.69, 9.17) is 10.5 Å². The Balaban J connectivity index is 3.62. The number of esters is 1. The first-order chi connectivity index (χ1) is 13.0. The van der Waals surface area contributed by atoms with Gasteiger partial charge in [-0.25, -0.2) is 8.42 Å². The van der Waals surface area contributed by atoms with Crippen LogP contribution in [0.5, 0.6) is 0 Å². The molecule has 0 saturated heterocycles. The number of hydrogen-bond donors (Lipinski definition) is 1. The summed E-state index contributed by atoms with van der Waals surface area (Å²) in [5, 5.41) is -2.22. The molecular formula is C16H17F6NO5S. The maximum Gasteiger partial charge on any atom is 0.416 e. The summed E-state index contributed by atoms with van der Waals surface area (Å²) in [5.74, 6) is -2.45. The Labute approximate surface area is 161 Å². The molecule has 2 N–H and O–H groups in total. The molecule has 0 aliphatic carbocycles. The molecule has 0 fully saturated rings. The van der Waals surface area contributed by atoms with Crippen LogP contribution in [-0.2, 0) is 36.5 Å². The number of carbonyl (C=O) groups excluding carboxylic acids is 2. The lowest BCUT2D eigenvalue weighted by molar-refractivity contribution is -0.147. The van der Waals surface area contributed by atoms with Gasteiger partial charge in [0.15, 0.2) is 15.1 Å². The Bertz CT molecular complexity index is 845. The summed E-state index contributed by atoms with van der Waals surface area (Å²) in [7, 11) is -5.09. The molecule has 0 spiro atoms. The first kappa shape index (κ1) is 24.7. The van der Waals surface area contributed by atoms with E-state index in [1.807, 2.05) is 0 Å². The molecule has 1 rings (SSSR count). The Morgan fingerprint density at radius 1 is 1.00 bits per heavy atom. The largest absolute Gasteiger partial charge is 0.462 e. The number of benzene rings is 1. The molecule has 1 atom stereocenters. The predicted octanol–water partition coefficient (Wildman–Crippen LogP) is 3.08. The summed E-state index contributed by atoms with van der Waals surface area (Å²) < 4.78 is 108. The van der Waals surface area contributed by atoms with Crippen molar-refractivity contribution in [2.75, 3.05) is 0 Å².